The maximum atomic E-state index is 5.52. The van der Waals surface area contributed by atoms with Gasteiger partial charge < -0.3 is 10.1 Å². The van der Waals surface area contributed by atoms with Crippen LogP contribution in [-0.4, -0.2) is 23.6 Å². The smallest absolute Gasteiger partial charge is 0.192 e. The number of benzene rings is 1. The number of nitrogens with one attached hydrogen (secondary N) is 1. The minimum atomic E-state index is 0.207. The predicted molar refractivity (Wildman–Crippen MR) is 86.0 cm³/mol. The van der Waals surface area contributed by atoms with Gasteiger partial charge in [-0.05, 0) is 50.4 Å². The van der Waals surface area contributed by atoms with Crippen molar-refractivity contribution >= 4 is 11.8 Å². The summed E-state index contributed by atoms with van der Waals surface area (Å²) in [7, 11) is 1.70. The highest BCUT2D eigenvalue weighted by Gasteiger charge is 2.17. The highest BCUT2D eigenvalue weighted by Crippen LogP contribution is 2.37. The van der Waals surface area contributed by atoms with Crippen LogP contribution in [0, 0.1) is 6.92 Å². The van der Waals surface area contributed by atoms with E-state index in [2.05, 4.69) is 35.2 Å². The number of methoxy groups -OCH3 is 1. The van der Waals surface area contributed by atoms with Crippen LogP contribution in [0.25, 0.3) is 0 Å². The summed E-state index contributed by atoms with van der Waals surface area (Å²) in [6.07, 6.45) is 1.79. The van der Waals surface area contributed by atoms with Crippen LogP contribution in [0.1, 0.15) is 31.1 Å². The van der Waals surface area contributed by atoms with Crippen LogP contribution in [0.4, 0.5) is 0 Å². The van der Waals surface area contributed by atoms with Crippen molar-refractivity contribution in [1.82, 2.24) is 15.3 Å². The van der Waals surface area contributed by atoms with Crippen LogP contribution in [-0.2, 0) is 0 Å². The van der Waals surface area contributed by atoms with E-state index < -0.39 is 0 Å². The van der Waals surface area contributed by atoms with Gasteiger partial charge in [-0.2, -0.15) is 0 Å². The lowest BCUT2D eigenvalue weighted by Gasteiger charge is -2.19. The van der Waals surface area contributed by atoms with Crippen LogP contribution < -0.4 is 10.1 Å². The second kappa shape index (κ2) is 7.43. The molecule has 0 spiro atoms. The SMILES string of the molecule is CCNC(C)c1c(OC)cccc1Sc1nccc(C)n1. The van der Waals surface area contributed by atoms with E-state index in [1.807, 2.05) is 25.1 Å². The molecule has 0 aliphatic rings. The van der Waals surface area contributed by atoms with Gasteiger partial charge >= 0.3 is 0 Å². The number of hydrogen-bond donors (Lipinski definition) is 1. The van der Waals surface area contributed by atoms with Crippen molar-refractivity contribution < 1.29 is 4.74 Å². The summed E-state index contributed by atoms with van der Waals surface area (Å²) >= 11 is 1.57. The molecule has 1 atom stereocenters. The lowest BCUT2D eigenvalue weighted by Crippen LogP contribution is -2.19. The van der Waals surface area contributed by atoms with Crippen molar-refractivity contribution in [1.29, 1.82) is 0 Å². The molecule has 2 aromatic rings. The molecule has 1 N–H and O–H groups in total. The number of aryl methyl sites for hydroxylation is 1. The highest BCUT2D eigenvalue weighted by molar-refractivity contribution is 7.99. The van der Waals surface area contributed by atoms with E-state index in [9.17, 15) is 0 Å². The summed E-state index contributed by atoms with van der Waals surface area (Å²) in [5, 5.41) is 4.20. The van der Waals surface area contributed by atoms with Gasteiger partial charge in [-0.1, -0.05) is 13.0 Å². The summed E-state index contributed by atoms with van der Waals surface area (Å²) in [6.45, 7) is 7.12. The molecule has 1 aromatic carbocycles. The van der Waals surface area contributed by atoms with Gasteiger partial charge in [0.25, 0.3) is 0 Å². The molecule has 1 heterocycles. The van der Waals surface area contributed by atoms with E-state index in [4.69, 9.17) is 4.74 Å². The first-order valence-corrected chi connectivity index (χ1v) is 7.85. The van der Waals surface area contributed by atoms with Gasteiger partial charge in [0.15, 0.2) is 5.16 Å². The summed E-state index contributed by atoms with van der Waals surface area (Å²) in [5.41, 5.74) is 2.12. The molecule has 1 unspecified atom stereocenters. The Morgan fingerprint density at radius 3 is 2.81 bits per heavy atom. The summed E-state index contributed by atoms with van der Waals surface area (Å²) in [5.74, 6) is 0.890. The second-order valence-corrected chi connectivity index (χ2v) is 5.74. The van der Waals surface area contributed by atoms with Gasteiger partial charge in [-0.3, -0.25) is 0 Å². The molecule has 4 nitrogen and oxygen atoms in total. The number of hydrogen-bond acceptors (Lipinski definition) is 5. The van der Waals surface area contributed by atoms with Gasteiger partial charge in [-0.15, -0.1) is 0 Å². The van der Waals surface area contributed by atoms with Crippen molar-refractivity contribution in [2.75, 3.05) is 13.7 Å². The zero-order valence-electron chi connectivity index (χ0n) is 12.9. The van der Waals surface area contributed by atoms with Crippen molar-refractivity contribution in [3.8, 4) is 5.75 Å². The van der Waals surface area contributed by atoms with E-state index >= 15 is 0 Å². The van der Waals surface area contributed by atoms with Crippen LogP contribution in [0.2, 0.25) is 0 Å². The van der Waals surface area contributed by atoms with Crippen LogP contribution >= 0.6 is 11.8 Å². The minimum absolute atomic E-state index is 0.207. The fourth-order valence-electron chi connectivity index (χ4n) is 2.20. The van der Waals surface area contributed by atoms with Crippen LogP contribution in [0.5, 0.6) is 5.75 Å². The van der Waals surface area contributed by atoms with E-state index in [0.717, 1.165) is 33.6 Å². The van der Waals surface area contributed by atoms with Gasteiger partial charge in [0.2, 0.25) is 0 Å². The molecule has 1 aromatic heterocycles. The number of nitrogens with zero attached hydrogens (tertiary/aromatic N) is 2. The zero-order valence-corrected chi connectivity index (χ0v) is 13.7. The normalized spacial score (nSPS) is 12.2. The van der Waals surface area contributed by atoms with Crippen molar-refractivity contribution in [3.63, 3.8) is 0 Å². The maximum absolute atomic E-state index is 5.52. The molecule has 0 radical (unpaired) electrons. The van der Waals surface area contributed by atoms with E-state index in [1.54, 1.807) is 25.1 Å². The fourth-order valence-corrected chi connectivity index (χ4v) is 3.23. The van der Waals surface area contributed by atoms with Crippen molar-refractivity contribution in [3.05, 3.63) is 41.7 Å². The third-order valence-electron chi connectivity index (χ3n) is 3.16. The number of aromatic nitrogens is 2. The fraction of sp³-hybridized carbons (Fsp3) is 0.375. The lowest BCUT2D eigenvalue weighted by atomic mass is 10.1. The zero-order chi connectivity index (χ0) is 15.2. The Hall–Kier alpha value is -1.59. The highest BCUT2D eigenvalue weighted by atomic mass is 32.2. The molecule has 0 bridgehead atoms. The van der Waals surface area contributed by atoms with Gasteiger partial charge in [-0.25, -0.2) is 9.97 Å². The maximum Gasteiger partial charge on any atom is 0.192 e. The first kappa shape index (κ1) is 15.8. The van der Waals surface area contributed by atoms with Gasteiger partial charge in [0.1, 0.15) is 5.75 Å². The molecule has 0 aliphatic carbocycles. The molecule has 0 aliphatic heterocycles. The van der Waals surface area contributed by atoms with E-state index in [-0.39, 0.29) is 6.04 Å². The van der Waals surface area contributed by atoms with E-state index in [0.29, 0.717) is 0 Å². The third kappa shape index (κ3) is 3.95. The molecule has 2 rings (SSSR count). The molecular formula is C16H21N3OS. The molecule has 0 amide bonds. The monoisotopic (exact) mass is 303 g/mol. The number of rotatable bonds is 6. The molecule has 0 saturated heterocycles. The molecule has 21 heavy (non-hydrogen) atoms. The Labute approximate surface area is 130 Å². The first-order chi connectivity index (χ1) is 10.2. The van der Waals surface area contributed by atoms with Crippen molar-refractivity contribution in [2.45, 2.75) is 36.9 Å². The Kier molecular flexibility index (Phi) is 5.59. The minimum Gasteiger partial charge on any atom is -0.496 e. The molecule has 0 saturated carbocycles. The Morgan fingerprint density at radius 2 is 2.14 bits per heavy atom. The quantitative estimate of drug-likeness (QED) is 0.826. The Balaban J connectivity index is 2.38. The average Bonchev–Trinajstić information content (AvgIpc) is 2.47. The van der Waals surface area contributed by atoms with Crippen LogP contribution in [0.15, 0.2) is 40.5 Å². The lowest BCUT2D eigenvalue weighted by molar-refractivity contribution is 0.400. The molecule has 0 fully saturated rings. The number of ether oxygens (including phenoxy) is 1. The topological polar surface area (TPSA) is 47.0 Å². The second-order valence-electron chi connectivity index (χ2n) is 4.73. The Bertz CT molecular complexity index is 604. The Morgan fingerprint density at radius 1 is 1.33 bits per heavy atom. The predicted octanol–water partition coefficient (Wildman–Crippen LogP) is 3.62. The largest absolute Gasteiger partial charge is 0.496 e. The third-order valence-corrected chi connectivity index (χ3v) is 4.12. The molecule has 112 valence electrons. The van der Waals surface area contributed by atoms with Gasteiger partial charge in [0.05, 0.1) is 7.11 Å². The van der Waals surface area contributed by atoms with Crippen LogP contribution in [0.3, 0.4) is 0 Å². The standard InChI is InChI=1S/C16H21N3OS/c1-5-17-12(3)15-13(20-4)7-6-8-14(15)21-16-18-10-9-11(2)19-16/h6-10,12,17H,5H2,1-4H3. The first-order valence-electron chi connectivity index (χ1n) is 7.03. The summed E-state index contributed by atoms with van der Waals surface area (Å²) in [4.78, 5) is 9.91. The summed E-state index contributed by atoms with van der Waals surface area (Å²) < 4.78 is 5.52. The average molecular weight is 303 g/mol. The molecule has 5 heteroatoms. The molecular weight excluding hydrogens is 282 g/mol. The van der Waals surface area contributed by atoms with E-state index in [1.165, 1.54) is 0 Å². The van der Waals surface area contributed by atoms with Gasteiger partial charge in [0, 0.05) is 28.4 Å². The summed E-state index contributed by atoms with van der Waals surface area (Å²) in [6, 6.07) is 8.18. The van der Waals surface area contributed by atoms with Crippen molar-refractivity contribution in [2.24, 2.45) is 0 Å².